The lowest BCUT2D eigenvalue weighted by Crippen LogP contribution is -2.06. The number of nitrogens with zero attached hydrogens (tertiary/aromatic N) is 2. The molecule has 0 unspecified atom stereocenters. The van der Waals surface area contributed by atoms with Crippen molar-refractivity contribution in [2.24, 2.45) is 0 Å². The van der Waals surface area contributed by atoms with E-state index in [0.717, 1.165) is 24.2 Å². The van der Waals surface area contributed by atoms with E-state index in [4.69, 9.17) is 15.4 Å². The summed E-state index contributed by atoms with van der Waals surface area (Å²) in [6.07, 6.45) is 4.42. The van der Waals surface area contributed by atoms with Crippen LogP contribution in [0.25, 0.3) is 0 Å². The van der Waals surface area contributed by atoms with E-state index >= 15 is 0 Å². The predicted octanol–water partition coefficient (Wildman–Crippen LogP) is 3.11. The van der Waals surface area contributed by atoms with Gasteiger partial charge in [0, 0.05) is 17.2 Å². The molecule has 0 bridgehead atoms. The Morgan fingerprint density at radius 2 is 2.14 bits per heavy atom. The van der Waals surface area contributed by atoms with Gasteiger partial charge in [-0.3, -0.25) is 0 Å². The number of hydrogen-bond donors (Lipinski definition) is 0. The summed E-state index contributed by atoms with van der Waals surface area (Å²) in [5.74, 6) is 0.250. The van der Waals surface area contributed by atoms with E-state index in [1.807, 2.05) is 4.57 Å². The van der Waals surface area contributed by atoms with Crippen LogP contribution < -0.4 is 4.74 Å². The van der Waals surface area contributed by atoms with Crippen LogP contribution >= 0.6 is 10.7 Å². The predicted molar refractivity (Wildman–Crippen MR) is 81.1 cm³/mol. The molecule has 0 N–H and O–H groups in total. The van der Waals surface area contributed by atoms with Gasteiger partial charge in [0.2, 0.25) is 0 Å². The molecule has 0 aliphatic heterocycles. The van der Waals surface area contributed by atoms with Crippen molar-refractivity contribution < 1.29 is 13.2 Å². The van der Waals surface area contributed by atoms with Crippen molar-refractivity contribution in [3.05, 3.63) is 42.0 Å². The summed E-state index contributed by atoms with van der Waals surface area (Å²) in [4.78, 5) is 4.07. The molecule has 2 rings (SSSR count). The molecule has 0 saturated heterocycles. The molecule has 0 spiro atoms. The molecular weight excluding hydrogens is 312 g/mol. The highest BCUT2D eigenvalue weighted by molar-refractivity contribution is 8.13. The third-order valence-electron chi connectivity index (χ3n) is 3.00. The van der Waals surface area contributed by atoms with Crippen LogP contribution in [-0.2, 0) is 22.2 Å². The number of rotatable bonds is 6. The minimum atomic E-state index is -3.84. The van der Waals surface area contributed by atoms with Gasteiger partial charge in [-0.15, -0.1) is 0 Å². The maximum absolute atomic E-state index is 11.6. The van der Waals surface area contributed by atoms with E-state index in [0.29, 0.717) is 0 Å². The third-order valence-corrected chi connectivity index (χ3v) is 4.34. The fraction of sp³-hybridized carbons (Fsp3) is 0.357. The molecule has 1 aromatic heterocycles. The lowest BCUT2D eigenvalue weighted by atomic mass is 10.2. The van der Waals surface area contributed by atoms with Gasteiger partial charge in [0.25, 0.3) is 9.05 Å². The third kappa shape index (κ3) is 3.98. The van der Waals surface area contributed by atoms with Crippen LogP contribution in [-0.4, -0.2) is 18.0 Å². The monoisotopic (exact) mass is 328 g/mol. The standard InChI is InChI=1S/C14H17ClN2O3S/c1-3-6-17-10-16-8-12(17)9-20-13-5-4-11(2)7-14(13)21(15,18)19/h4-5,7-8,10H,3,6,9H2,1-2H3. The second-order valence-electron chi connectivity index (χ2n) is 4.76. The van der Waals surface area contributed by atoms with E-state index in [1.165, 1.54) is 6.07 Å². The van der Waals surface area contributed by atoms with Gasteiger partial charge in [-0.2, -0.15) is 0 Å². The number of imidazole rings is 1. The molecule has 0 fully saturated rings. The number of aromatic nitrogens is 2. The zero-order valence-electron chi connectivity index (χ0n) is 11.9. The summed E-state index contributed by atoms with van der Waals surface area (Å²) >= 11 is 0. The smallest absolute Gasteiger partial charge is 0.264 e. The molecule has 0 saturated carbocycles. The molecule has 0 radical (unpaired) electrons. The Bertz CT molecular complexity index is 726. The first-order valence-corrected chi connectivity index (χ1v) is 8.90. The van der Waals surface area contributed by atoms with E-state index in [2.05, 4.69) is 11.9 Å². The first-order valence-electron chi connectivity index (χ1n) is 6.59. The van der Waals surface area contributed by atoms with Crippen LogP contribution in [0.15, 0.2) is 35.6 Å². The quantitative estimate of drug-likeness (QED) is 0.764. The maximum Gasteiger partial charge on any atom is 0.264 e. The minimum Gasteiger partial charge on any atom is -0.486 e. The first-order chi connectivity index (χ1) is 9.91. The summed E-state index contributed by atoms with van der Waals surface area (Å²) in [5, 5.41) is 0. The van der Waals surface area contributed by atoms with Crippen LogP contribution in [0.2, 0.25) is 0 Å². The molecule has 7 heteroatoms. The van der Waals surface area contributed by atoms with Crippen molar-refractivity contribution in [2.45, 2.75) is 38.3 Å². The average Bonchev–Trinajstić information content (AvgIpc) is 2.84. The van der Waals surface area contributed by atoms with E-state index in [9.17, 15) is 8.42 Å². The van der Waals surface area contributed by atoms with Gasteiger partial charge >= 0.3 is 0 Å². The Morgan fingerprint density at radius 1 is 1.38 bits per heavy atom. The molecule has 0 aliphatic carbocycles. The highest BCUT2D eigenvalue weighted by Gasteiger charge is 2.17. The normalized spacial score (nSPS) is 11.6. The molecule has 1 aromatic carbocycles. The van der Waals surface area contributed by atoms with Gasteiger partial charge in [0.15, 0.2) is 0 Å². The summed E-state index contributed by atoms with van der Waals surface area (Å²) in [6, 6.07) is 4.90. The topological polar surface area (TPSA) is 61.2 Å². The highest BCUT2D eigenvalue weighted by atomic mass is 35.7. The zero-order valence-corrected chi connectivity index (χ0v) is 13.5. The van der Waals surface area contributed by atoms with Gasteiger partial charge in [-0.25, -0.2) is 13.4 Å². The lowest BCUT2D eigenvalue weighted by Gasteiger charge is -2.11. The number of aryl methyl sites for hydroxylation is 2. The summed E-state index contributed by atoms with van der Waals surface area (Å²) in [7, 11) is 1.61. The molecule has 5 nitrogen and oxygen atoms in total. The Kier molecular flexibility index (Phi) is 4.90. The second kappa shape index (κ2) is 6.49. The number of benzene rings is 1. The van der Waals surface area contributed by atoms with Crippen molar-refractivity contribution >= 4 is 19.7 Å². The first kappa shape index (κ1) is 15.9. The van der Waals surface area contributed by atoms with Crippen molar-refractivity contribution in [2.75, 3.05) is 0 Å². The SMILES string of the molecule is CCCn1cncc1COc1ccc(C)cc1S(=O)(=O)Cl. The largest absolute Gasteiger partial charge is 0.486 e. The fourth-order valence-electron chi connectivity index (χ4n) is 1.99. The van der Waals surface area contributed by atoms with Crippen LogP contribution in [0.4, 0.5) is 0 Å². The van der Waals surface area contributed by atoms with Crippen LogP contribution in [0, 0.1) is 6.92 Å². The molecule has 114 valence electrons. The van der Waals surface area contributed by atoms with Gasteiger partial charge in [-0.05, 0) is 31.0 Å². The van der Waals surface area contributed by atoms with Crippen LogP contribution in [0.3, 0.4) is 0 Å². The van der Waals surface area contributed by atoms with E-state index < -0.39 is 9.05 Å². The van der Waals surface area contributed by atoms with Gasteiger partial charge < -0.3 is 9.30 Å². The zero-order chi connectivity index (χ0) is 15.5. The fourth-order valence-corrected chi connectivity index (χ4v) is 3.04. The number of ether oxygens (including phenoxy) is 1. The molecular formula is C14H17ClN2O3S. The number of hydrogen-bond acceptors (Lipinski definition) is 4. The van der Waals surface area contributed by atoms with Crippen LogP contribution in [0.5, 0.6) is 5.75 Å². The highest BCUT2D eigenvalue weighted by Crippen LogP contribution is 2.28. The molecule has 0 aliphatic rings. The van der Waals surface area contributed by atoms with E-state index in [-0.39, 0.29) is 17.3 Å². The molecule has 1 heterocycles. The second-order valence-corrected chi connectivity index (χ2v) is 7.29. The molecule has 21 heavy (non-hydrogen) atoms. The van der Waals surface area contributed by atoms with Gasteiger partial charge in [0.1, 0.15) is 17.3 Å². The van der Waals surface area contributed by atoms with Crippen molar-refractivity contribution in [3.8, 4) is 5.75 Å². The van der Waals surface area contributed by atoms with Gasteiger partial charge in [0.05, 0.1) is 18.2 Å². The Labute approximate surface area is 128 Å². The molecule has 0 amide bonds. The lowest BCUT2D eigenvalue weighted by molar-refractivity contribution is 0.287. The summed E-state index contributed by atoms with van der Waals surface area (Å²) in [6.45, 7) is 4.95. The maximum atomic E-state index is 11.6. The van der Waals surface area contributed by atoms with Crippen molar-refractivity contribution in [3.63, 3.8) is 0 Å². The summed E-state index contributed by atoms with van der Waals surface area (Å²) < 4.78 is 30.8. The van der Waals surface area contributed by atoms with Crippen LogP contribution in [0.1, 0.15) is 24.6 Å². The summed E-state index contributed by atoms with van der Waals surface area (Å²) in [5.41, 5.74) is 1.69. The molecule has 2 aromatic rings. The Hall–Kier alpha value is -1.53. The number of halogens is 1. The van der Waals surface area contributed by atoms with Crippen molar-refractivity contribution in [1.82, 2.24) is 9.55 Å². The Balaban J connectivity index is 2.22. The van der Waals surface area contributed by atoms with E-state index in [1.54, 1.807) is 31.6 Å². The molecule has 0 atom stereocenters. The Morgan fingerprint density at radius 3 is 2.81 bits per heavy atom. The van der Waals surface area contributed by atoms with Gasteiger partial charge in [-0.1, -0.05) is 13.0 Å². The minimum absolute atomic E-state index is 0.00859. The van der Waals surface area contributed by atoms with Crippen molar-refractivity contribution in [1.29, 1.82) is 0 Å². The average molecular weight is 329 g/mol.